The fourth-order valence-electron chi connectivity index (χ4n) is 3.82. The molecule has 0 spiro atoms. The van der Waals surface area contributed by atoms with E-state index >= 15 is 0 Å². The van der Waals surface area contributed by atoms with Crippen molar-refractivity contribution in [1.29, 1.82) is 0 Å². The number of imidazole rings is 1. The van der Waals surface area contributed by atoms with Crippen LogP contribution in [-0.2, 0) is 17.8 Å². The Kier molecular flexibility index (Phi) is 6.49. The van der Waals surface area contributed by atoms with Gasteiger partial charge in [-0.05, 0) is 32.6 Å². The maximum Gasteiger partial charge on any atom is 0.289 e. The number of hydrogen-bond acceptors (Lipinski definition) is 5. The Labute approximate surface area is 165 Å². The molecule has 8 nitrogen and oxygen atoms in total. The van der Waals surface area contributed by atoms with Gasteiger partial charge in [-0.3, -0.25) is 9.59 Å². The van der Waals surface area contributed by atoms with Crippen molar-refractivity contribution in [3.8, 4) is 0 Å². The van der Waals surface area contributed by atoms with E-state index in [2.05, 4.69) is 27.5 Å². The number of carbonyl (C=O) groups excluding carboxylic acids is 2. The summed E-state index contributed by atoms with van der Waals surface area (Å²) in [6, 6.07) is 0.106. The number of carbonyl (C=O) groups is 2. The molecule has 2 aromatic rings. The number of oxazole rings is 1. The maximum absolute atomic E-state index is 12.4. The van der Waals surface area contributed by atoms with Gasteiger partial charge in [-0.25, -0.2) is 9.97 Å². The lowest BCUT2D eigenvalue weighted by Crippen LogP contribution is -2.46. The van der Waals surface area contributed by atoms with E-state index in [-0.39, 0.29) is 29.7 Å². The number of hydrogen-bond donors (Lipinski definition) is 2. The Hall–Kier alpha value is -2.64. The van der Waals surface area contributed by atoms with Gasteiger partial charge in [0.15, 0.2) is 5.89 Å². The summed E-state index contributed by atoms with van der Waals surface area (Å²) < 4.78 is 7.41. The smallest absolute Gasteiger partial charge is 0.289 e. The molecule has 1 saturated carbocycles. The monoisotopic (exact) mass is 387 g/mol. The summed E-state index contributed by atoms with van der Waals surface area (Å²) >= 11 is 0. The molecule has 0 aromatic carbocycles. The summed E-state index contributed by atoms with van der Waals surface area (Å²) in [5, 5.41) is 6.14. The number of aromatic nitrogens is 3. The summed E-state index contributed by atoms with van der Waals surface area (Å²) in [7, 11) is 0. The van der Waals surface area contributed by atoms with Crippen LogP contribution in [0.25, 0.3) is 0 Å². The van der Waals surface area contributed by atoms with Gasteiger partial charge in [0.1, 0.15) is 5.82 Å². The predicted molar refractivity (Wildman–Crippen MR) is 104 cm³/mol. The van der Waals surface area contributed by atoms with E-state index in [4.69, 9.17) is 4.42 Å². The molecule has 1 aliphatic carbocycles. The minimum absolute atomic E-state index is 0.0247. The normalized spacial score (nSPS) is 19.4. The van der Waals surface area contributed by atoms with Crippen LogP contribution in [0.4, 0.5) is 0 Å². The maximum atomic E-state index is 12.4. The highest BCUT2D eigenvalue weighted by molar-refractivity contribution is 5.92. The van der Waals surface area contributed by atoms with Crippen molar-refractivity contribution in [2.75, 3.05) is 0 Å². The van der Waals surface area contributed by atoms with Gasteiger partial charge in [0.25, 0.3) is 5.91 Å². The van der Waals surface area contributed by atoms with E-state index in [1.54, 1.807) is 20.0 Å². The highest BCUT2D eigenvalue weighted by Crippen LogP contribution is 2.20. The average Bonchev–Trinajstić information content (AvgIpc) is 3.25. The average molecular weight is 387 g/mol. The van der Waals surface area contributed by atoms with E-state index < -0.39 is 0 Å². The molecule has 2 N–H and O–H groups in total. The minimum Gasteiger partial charge on any atom is -0.436 e. The third-order valence-corrected chi connectivity index (χ3v) is 5.18. The van der Waals surface area contributed by atoms with E-state index in [0.29, 0.717) is 24.6 Å². The van der Waals surface area contributed by atoms with E-state index in [0.717, 1.165) is 37.9 Å². The summed E-state index contributed by atoms with van der Waals surface area (Å²) in [6.07, 6.45) is 8.48. The van der Waals surface area contributed by atoms with Crippen LogP contribution in [0.1, 0.15) is 67.0 Å². The van der Waals surface area contributed by atoms with Crippen LogP contribution in [0, 0.1) is 13.8 Å². The van der Waals surface area contributed by atoms with Crippen molar-refractivity contribution in [1.82, 2.24) is 25.2 Å². The molecule has 2 aromatic heterocycles. The molecular formula is C20H29N5O3. The second kappa shape index (κ2) is 9.03. The van der Waals surface area contributed by atoms with Crippen LogP contribution in [-0.4, -0.2) is 38.4 Å². The molecule has 28 heavy (non-hydrogen) atoms. The predicted octanol–water partition coefficient (Wildman–Crippen LogP) is 2.30. The standard InChI is InChI=1S/C20H29N5O3/c1-4-17-21-9-11-25(17)10-8-18(26)23-15-6-5-7-16(12-15)24-20(27)19-13(2)22-14(3)28-19/h9,11,15-16H,4-8,10,12H2,1-3H3,(H,23,26)(H,24,27)/t15-,16-/m1/s1. The molecule has 2 amide bonds. The van der Waals surface area contributed by atoms with Crippen molar-refractivity contribution < 1.29 is 14.0 Å². The molecule has 0 bridgehead atoms. The van der Waals surface area contributed by atoms with Crippen molar-refractivity contribution in [3.05, 3.63) is 35.6 Å². The van der Waals surface area contributed by atoms with Gasteiger partial charge in [-0.15, -0.1) is 0 Å². The highest BCUT2D eigenvalue weighted by Gasteiger charge is 2.26. The topological polar surface area (TPSA) is 102 Å². The van der Waals surface area contributed by atoms with E-state index in [1.807, 2.05) is 10.8 Å². The first-order valence-electron chi connectivity index (χ1n) is 10.0. The second-order valence-corrected chi connectivity index (χ2v) is 7.39. The number of rotatable bonds is 7. The summed E-state index contributed by atoms with van der Waals surface area (Å²) in [5.74, 6) is 1.55. The quantitative estimate of drug-likeness (QED) is 0.759. The first-order chi connectivity index (χ1) is 13.5. The molecule has 3 rings (SSSR count). The van der Waals surface area contributed by atoms with Crippen LogP contribution in [0.15, 0.2) is 16.8 Å². The molecule has 0 saturated heterocycles. The zero-order valence-corrected chi connectivity index (χ0v) is 16.8. The summed E-state index contributed by atoms with van der Waals surface area (Å²) in [6.45, 7) is 6.17. The molecule has 0 radical (unpaired) electrons. The number of nitrogens with one attached hydrogen (secondary N) is 2. The first-order valence-corrected chi connectivity index (χ1v) is 10.0. The zero-order valence-electron chi connectivity index (χ0n) is 16.8. The fourth-order valence-corrected chi connectivity index (χ4v) is 3.82. The van der Waals surface area contributed by atoms with E-state index in [9.17, 15) is 9.59 Å². The number of nitrogens with zero attached hydrogens (tertiary/aromatic N) is 3. The Morgan fingerprint density at radius 2 is 2.00 bits per heavy atom. The second-order valence-electron chi connectivity index (χ2n) is 7.39. The number of aryl methyl sites for hydroxylation is 4. The Morgan fingerprint density at radius 3 is 2.68 bits per heavy atom. The van der Waals surface area contributed by atoms with Crippen molar-refractivity contribution >= 4 is 11.8 Å². The molecule has 0 unspecified atom stereocenters. The molecule has 2 atom stereocenters. The summed E-state index contributed by atoms with van der Waals surface area (Å²) in [5.41, 5.74) is 0.599. The molecule has 152 valence electrons. The van der Waals surface area contributed by atoms with Crippen molar-refractivity contribution in [3.63, 3.8) is 0 Å². The number of amides is 2. The molecule has 1 fully saturated rings. The third-order valence-electron chi connectivity index (χ3n) is 5.18. The van der Waals surface area contributed by atoms with E-state index in [1.165, 1.54) is 0 Å². The lowest BCUT2D eigenvalue weighted by Gasteiger charge is -2.30. The Morgan fingerprint density at radius 1 is 1.25 bits per heavy atom. The van der Waals surface area contributed by atoms with Crippen LogP contribution in [0.5, 0.6) is 0 Å². The van der Waals surface area contributed by atoms with Gasteiger partial charge in [0.2, 0.25) is 11.7 Å². The lowest BCUT2D eigenvalue weighted by molar-refractivity contribution is -0.122. The molecule has 0 aliphatic heterocycles. The fraction of sp³-hybridized carbons (Fsp3) is 0.600. The summed E-state index contributed by atoms with van der Waals surface area (Å²) in [4.78, 5) is 33.2. The molecular weight excluding hydrogens is 358 g/mol. The minimum atomic E-state index is -0.234. The Balaban J connectivity index is 1.47. The van der Waals surface area contributed by atoms with Gasteiger partial charge in [0, 0.05) is 50.8 Å². The molecule has 8 heteroatoms. The van der Waals surface area contributed by atoms with Gasteiger partial charge in [0.05, 0.1) is 5.69 Å². The lowest BCUT2D eigenvalue weighted by atomic mass is 9.90. The van der Waals surface area contributed by atoms with Crippen LogP contribution in [0.2, 0.25) is 0 Å². The van der Waals surface area contributed by atoms with Crippen LogP contribution in [0.3, 0.4) is 0 Å². The Bertz CT molecular complexity index is 826. The van der Waals surface area contributed by atoms with Gasteiger partial charge in [-0.1, -0.05) is 6.92 Å². The van der Waals surface area contributed by atoms with Gasteiger partial charge in [-0.2, -0.15) is 0 Å². The third kappa shape index (κ3) is 4.99. The zero-order chi connectivity index (χ0) is 20.1. The van der Waals surface area contributed by atoms with Gasteiger partial charge >= 0.3 is 0 Å². The first kappa shape index (κ1) is 20.1. The molecule has 2 heterocycles. The van der Waals surface area contributed by atoms with Gasteiger partial charge < -0.3 is 19.6 Å². The van der Waals surface area contributed by atoms with Crippen LogP contribution < -0.4 is 10.6 Å². The van der Waals surface area contributed by atoms with Crippen molar-refractivity contribution in [2.45, 2.75) is 77.9 Å². The van der Waals surface area contributed by atoms with Crippen molar-refractivity contribution in [2.24, 2.45) is 0 Å². The molecule has 1 aliphatic rings. The van der Waals surface area contributed by atoms with Crippen LogP contribution >= 0.6 is 0 Å². The SMILES string of the molecule is CCc1nccn1CCC(=O)N[C@@H]1CCC[C@@H](NC(=O)c2oc(C)nc2C)C1. The highest BCUT2D eigenvalue weighted by atomic mass is 16.4. The largest absolute Gasteiger partial charge is 0.436 e.